The van der Waals surface area contributed by atoms with Gasteiger partial charge in [0.2, 0.25) is 5.91 Å². The molecule has 0 spiro atoms. The average molecular weight is 465 g/mol. The van der Waals surface area contributed by atoms with E-state index < -0.39 is 0 Å². The van der Waals surface area contributed by atoms with Crippen molar-refractivity contribution >= 4 is 5.91 Å². The highest BCUT2D eigenvalue weighted by atomic mass is 16.5. The zero-order valence-electron chi connectivity index (χ0n) is 20.0. The molecular formula is C27H36N4O3. The van der Waals surface area contributed by atoms with Crippen molar-refractivity contribution in [1.82, 2.24) is 20.0 Å². The van der Waals surface area contributed by atoms with Gasteiger partial charge >= 0.3 is 0 Å². The minimum atomic E-state index is 0.101. The quantitative estimate of drug-likeness (QED) is 0.644. The van der Waals surface area contributed by atoms with Gasteiger partial charge in [0.05, 0.1) is 26.4 Å². The Morgan fingerprint density at radius 3 is 2.21 bits per heavy atom. The molecule has 0 aromatic heterocycles. The third-order valence-electron chi connectivity index (χ3n) is 7.01. The van der Waals surface area contributed by atoms with Crippen molar-refractivity contribution in [3.05, 3.63) is 64.7 Å². The summed E-state index contributed by atoms with van der Waals surface area (Å²) in [5.74, 6) is 1.15. The number of morpholine rings is 1. The Kier molecular flexibility index (Phi) is 7.76. The van der Waals surface area contributed by atoms with Gasteiger partial charge in [0.15, 0.2) is 0 Å². The topological polar surface area (TPSA) is 57.3 Å². The standard InChI is InChI=1S/C27H36N4O3/c32-27(28-18-22-1-3-23(4-2-22)19-31-12-15-33-16-13-31)21-30-10-8-29(9-11-30)20-24-5-6-26-25(17-24)7-14-34-26/h1-6,17H,7-16,18-21H2,(H,28,32). The molecule has 7 heteroatoms. The number of rotatable bonds is 8. The average Bonchev–Trinajstić information content (AvgIpc) is 3.34. The third-order valence-corrected chi connectivity index (χ3v) is 7.01. The summed E-state index contributed by atoms with van der Waals surface area (Å²) in [6, 6.07) is 15.2. The molecule has 0 unspecified atom stereocenters. The molecule has 2 aromatic carbocycles. The molecule has 2 fully saturated rings. The number of piperazine rings is 1. The fourth-order valence-electron chi connectivity index (χ4n) is 4.94. The number of hydrogen-bond acceptors (Lipinski definition) is 6. The number of carbonyl (C=O) groups is 1. The number of fused-ring (bicyclic) bond motifs is 1. The van der Waals surface area contributed by atoms with Crippen LogP contribution in [0.15, 0.2) is 42.5 Å². The van der Waals surface area contributed by atoms with Crippen LogP contribution in [-0.2, 0) is 35.6 Å². The Balaban J connectivity index is 0.999. The van der Waals surface area contributed by atoms with Crippen LogP contribution < -0.4 is 10.1 Å². The van der Waals surface area contributed by atoms with E-state index in [0.29, 0.717) is 13.1 Å². The van der Waals surface area contributed by atoms with E-state index in [0.717, 1.165) is 89.9 Å². The van der Waals surface area contributed by atoms with Crippen LogP contribution in [0.3, 0.4) is 0 Å². The lowest BCUT2D eigenvalue weighted by molar-refractivity contribution is -0.122. The molecule has 7 nitrogen and oxygen atoms in total. The molecule has 1 N–H and O–H groups in total. The van der Waals surface area contributed by atoms with Gasteiger partial charge in [-0.05, 0) is 28.3 Å². The summed E-state index contributed by atoms with van der Waals surface area (Å²) in [5.41, 5.74) is 5.14. The van der Waals surface area contributed by atoms with E-state index in [1.807, 2.05) is 0 Å². The second kappa shape index (κ2) is 11.3. The van der Waals surface area contributed by atoms with Gasteiger partial charge < -0.3 is 14.8 Å². The smallest absolute Gasteiger partial charge is 0.234 e. The van der Waals surface area contributed by atoms with Crippen LogP contribution in [0.4, 0.5) is 0 Å². The molecule has 0 radical (unpaired) electrons. The normalized spacial score (nSPS) is 19.5. The zero-order valence-corrected chi connectivity index (χ0v) is 20.0. The van der Waals surface area contributed by atoms with Gasteiger partial charge in [-0.3, -0.25) is 19.5 Å². The van der Waals surface area contributed by atoms with Crippen LogP contribution in [0.25, 0.3) is 0 Å². The van der Waals surface area contributed by atoms with Crippen LogP contribution >= 0.6 is 0 Å². The Labute approximate surface area is 202 Å². The van der Waals surface area contributed by atoms with E-state index in [2.05, 4.69) is 62.5 Å². The molecule has 0 atom stereocenters. The Hall–Kier alpha value is -2.45. The molecule has 0 aliphatic carbocycles. The highest BCUT2D eigenvalue weighted by Crippen LogP contribution is 2.26. The van der Waals surface area contributed by atoms with E-state index >= 15 is 0 Å². The molecule has 2 aromatic rings. The van der Waals surface area contributed by atoms with Crippen molar-refractivity contribution in [2.24, 2.45) is 0 Å². The second-order valence-electron chi connectivity index (χ2n) is 9.57. The summed E-state index contributed by atoms with van der Waals surface area (Å²) < 4.78 is 11.0. The lowest BCUT2D eigenvalue weighted by Crippen LogP contribution is -2.49. The fourth-order valence-corrected chi connectivity index (χ4v) is 4.94. The lowest BCUT2D eigenvalue weighted by atomic mass is 10.1. The maximum atomic E-state index is 12.5. The van der Waals surface area contributed by atoms with Crippen LogP contribution in [-0.4, -0.2) is 86.2 Å². The molecule has 5 rings (SSSR count). The van der Waals surface area contributed by atoms with Gasteiger partial charge in [-0.1, -0.05) is 36.4 Å². The monoisotopic (exact) mass is 464 g/mol. The predicted octanol–water partition coefficient (Wildman–Crippen LogP) is 1.89. The molecule has 3 aliphatic heterocycles. The van der Waals surface area contributed by atoms with Crippen LogP contribution in [0.2, 0.25) is 0 Å². The summed E-state index contributed by atoms with van der Waals surface area (Å²) in [5, 5.41) is 3.09. The van der Waals surface area contributed by atoms with E-state index in [4.69, 9.17) is 9.47 Å². The summed E-state index contributed by atoms with van der Waals surface area (Å²) in [4.78, 5) is 19.7. The Bertz CT molecular complexity index is 951. The molecule has 182 valence electrons. The number of carbonyl (C=O) groups excluding carboxylic acids is 1. The van der Waals surface area contributed by atoms with Gasteiger partial charge in [-0.15, -0.1) is 0 Å². The summed E-state index contributed by atoms with van der Waals surface area (Å²) in [6.45, 7) is 11.3. The molecule has 1 amide bonds. The van der Waals surface area contributed by atoms with Gasteiger partial charge in [-0.25, -0.2) is 0 Å². The second-order valence-corrected chi connectivity index (χ2v) is 9.57. The van der Waals surface area contributed by atoms with E-state index in [9.17, 15) is 4.79 Å². The molecule has 3 heterocycles. The first-order valence-electron chi connectivity index (χ1n) is 12.6. The number of nitrogens with one attached hydrogen (secondary N) is 1. The fraction of sp³-hybridized carbons (Fsp3) is 0.519. The van der Waals surface area contributed by atoms with Gasteiger partial charge in [0.1, 0.15) is 5.75 Å². The first-order valence-corrected chi connectivity index (χ1v) is 12.6. The Morgan fingerprint density at radius 1 is 0.765 bits per heavy atom. The molecule has 34 heavy (non-hydrogen) atoms. The van der Waals surface area contributed by atoms with Crippen molar-refractivity contribution in [2.75, 3.05) is 65.6 Å². The minimum absolute atomic E-state index is 0.101. The Morgan fingerprint density at radius 2 is 1.41 bits per heavy atom. The highest BCUT2D eigenvalue weighted by Gasteiger charge is 2.20. The van der Waals surface area contributed by atoms with Crippen LogP contribution in [0, 0.1) is 0 Å². The molecule has 3 aliphatic rings. The van der Waals surface area contributed by atoms with Gasteiger partial charge in [0, 0.05) is 65.3 Å². The number of ether oxygens (including phenoxy) is 2. The SMILES string of the molecule is O=C(CN1CCN(Cc2ccc3c(c2)CCO3)CC1)NCc1ccc(CN2CCOCC2)cc1. The van der Waals surface area contributed by atoms with E-state index in [-0.39, 0.29) is 5.91 Å². The molecule has 2 saturated heterocycles. The molecule has 0 bridgehead atoms. The van der Waals surface area contributed by atoms with Gasteiger partial charge in [-0.2, -0.15) is 0 Å². The first-order chi connectivity index (χ1) is 16.7. The summed E-state index contributed by atoms with van der Waals surface area (Å²) in [6.07, 6.45) is 1.02. The number of nitrogens with zero attached hydrogens (tertiary/aromatic N) is 3. The van der Waals surface area contributed by atoms with E-state index in [1.54, 1.807) is 0 Å². The van der Waals surface area contributed by atoms with Crippen molar-refractivity contribution in [2.45, 2.75) is 26.1 Å². The van der Waals surface area contributed by atoms with Crippen molar-refractivity contribution in [3.63, 3.8) is 0 Å². The van der Waals surface area contributed by atoms with Crippen molar-refractivity contribution in [1.29, 1.82) is 0 Å². The first kappa shape index (κ1) is 23.3. The van der Waals surface area contributed by atoms with Crippen molar-refractivity contribution < 1.29 is 14.3 Å². The molecular weight excluding hydrogens is 428 g/mol. The largest absolute Gasteiger partial charge is 0.493 e. The third kappa shape index (κ3) is 6.36. The van der Waals surface area contributed by atoms with Gasteiger partial charge in [0.25, 0.3) is 0 Å². The van der Waals surface area contributed by atoms with Crippen molar-refractivity contribution in [3.8, 4) is 5.75 Å². The summed E-state index contributed by atoms with van der Waals surface area (Å²) in [7, 11) is 0. The maximum absolute atomic E-state index is 12.5. The predicted molar refractivity (Wildman–Crippen MR) is 132 cm³/mol. The number of benzene rings is 2. The zero-order chi connectivity index (χ0) is 23.2. The van der Waals surface area contributed by atoms with Crippen LogP contribution in [0.1, 0.15) is 22.3 Å². The van der Waals surface area contributed by atoms with Crippen LogP contribution in [0.5, 0.6) is 5.75 Å². The number of hydrogen-bond donors (Lipinski definition) is 1. The minimum Gasteiger partial charge on any atom is -0.493 e. The number of amides is 1. The lowest BCUT2D eigenvalue weighted by Gasteiger charge is -2.34. The van der Waals surface area contributed by atoms with E-state index in [1.165, 1.54) is 16.7 Å². The summed E-state index contributed by atoms with van der Waals surface area (Å²) >= 11 is 0. The highest BCUT2D eigenvalue weighted by molar-refractivity contribution is 5.78. The maximum Gasteiger partial charge on any atom is 0.234 e. The molecule has 0 saturated carbocycles.